The molecule has 2 amide bonds. The van der Waals surface area contributed by atoms with Crippen LogP contribution >= 0.6 is 0 Å². The predicted molar refractivity (Wildman–Crippen MR) is 107 cm³/mol. The van der Waals surface area contributed by atoms with E-state index in [0.717, 1.165) is 52.0 Å². The maximum absolute atomic E-state index is 12.9. The Morgan fingerprint density at radius 3 is 2.63 bits per heavy atom. The number of hydrogen-bond acceptors (Lipinski definition) is 3. The average Bonchev–Trinajstić information content (AvgIpc) is 2.66. The Labute approximate surface area is 163 Å². The smallest absolute Gasteiger partial charge is 0.236 e. The van der Waals surface area contributed by atoms with E-state index in [1.165, 1.54) is 11.1 Å². The highest BCUT2D eigenvalue weighted by Gasteiger charge is 2.42. The van der Waals surface area contributed by atoms with Crippen molar-refractivity contribution in [3.63, 3.8) is 0 Å². The van der Waals surface area contributed by atoms with E-state index in [1.807, 2.05) is 23.8 Å². The SMILES string of the molecule is CCN1C[C@]2(CCCN(C(=O)CN(C)Cc3ccc(C)cc3)C2)CCC1=O. The number of carbonyl (C=O) groups is 2. The summed E-state index contributed by atoms with van der Waals surface area (Å²) < 4.78 is 0. The molecule has 5 heteroatoms. The van der Waals surface area contributed by atoms with Gasteiger partial charge >= 0.3 is 0 Å². The fraction of sp³-hybridized carbons (Fsp3) is 0.636. The van der Waals surface area contributed by atoms with Gasteiger partial charge in [-0.3, -0.25) is 14.5 Å². The standard InChI is InChI=1S/C22H33N3O2/c1-4-24-16-22(12-10-20(24)26)11-5-13-25(17-22)21(27)15-23(3)14-19-8-6-18(2)7-9-19/h6-9H,4-5,10-17H2,1-3H3/t22-/m0/s1. The lowest BCUT2D eigenvalue weighted by Gasteiger charge is -2.48. The van der Waals surface area contributed by atoms with Gasteiger partial charge in [0, 0.05) is 44.6 Å². The summed E-state index contributed by atoms with van der Waals surface area (Å²) in [4.78, 5) is 31.1. The highest BCUT2D eigenvalue weighted by Crippen LogP contribution is 2.38. The lowest BCUT2D eigenvalue weighted by atomic mass is 9.73. The third-order valence-corrected chi connectivity index (χ3v) is 6.12. The Balaban J connectivity index is 1.56. The van der Waals surface area contributed by atoms with Gasteiger partial charge in [-0.1, -0.05) is 29.8 Å². The van der Waals surface area contributed by atoms with E-state index in [-0.39, 0.29) is 17.2 Å². The van der Waals surface area contributed by atoms with Gasteiger partial charge in [-0.05, 0) is 45.7 Å². The molecule has 1 spiro atoms. The van der Waals surface area contributed by atoms with Crippen molar-refractivity contribution in [3.05, 3.63) is 35.4 Å². The van der Waals surface area contributed by atoms with E-state index >= 15 is 0 Å². The summed E-state index contributed by atoms with van der Waals surface area (Å²) in [6, 6.07) is 8.49. The Bertz CT molecular complexity index is 673. The van der Waals surface area contributed by atoms with Crippen LogP contribution in [-0.2, 0) is 16.1 Å². The predicted octanol–water partition coefficient (Wildman–Crippen LogP) is 2.68. The molecule has 3 rings (SSSR count). The van der Waals surface area contributed by atoms with Gasteiger partial charge in [0.05, 0.1) is 6.54 Å². The molecular formula is C22H33N3O2. The normalized spacial score (nSPS) is 23.3. The molecule has 1 aromatic rings. The van der Waals surface area contributed by atoms with Crippen molar-refractivity contribution in [1.29, 1.82) is 0 Å². The summed E-state index contributed by atoms with van der Waals surface area (Å²) in [7, 11) is 2.01. The fourth-order valence-electron chi connectivity index (χ4n) is 4.54. The molecule has 148 valence electrons. The van der Waals surface area contributed by atoms with Gasteiger partial charge in [-0.2, -0.15) is 0 Å². The Morgan fingerprint density at radius 2 is 1.93 bits per heavy atom. The monoisotopic (exact) mass is 371 g/mol. The number of aryl methyl sites for hydroxylation is 1. The van der Waals surface area contributed by atoms with Gasteiger partial charge in [0.25, 0.3) is 0 Å². The van der Waals surface area contributed by atoms with Crippen LogP contribution in [0.4, 0.5) is 0 Å². The van der Waals surface area contributed by atoms with Crippen molar-refractivity contribution < 1.29 is 9.59 Å². The number of nitrogens with zero attached hydrogens (tertiary/aromatic N) is 3. The van der Waals surface area contributed by atoms with E-state index in [9.17, 15) is 9.59 Å². The first-order valence-corrected chi connectivity index (χ1v) is 10.2. The molecule has 2 aliphatic heterocycles. The maximum Gasteiger partial charge on any atom is 0.236 e. The number of hydrogen-bond donors (Lipinski definition) is 0. The lowest BCUT2D eigenvalue weighted by Crippen LogP contribution is -2.55. The molecule has 0 bridgehead atoms. The second kappa shape index (κ2) is 8.42. The zero-order valence-corrected chi connectivity index (χ0v) is 17.0. The summed E-state index contributed by atoms with van der Waals surface area (Å²) in [5.74, 6) is 0.480. The number of carbonyl (C=O) groups excluding carboxylic acids is 2. The third kappa shape index (κ3) is 4.89. The maximum atomic E-state index is 12.9. The van der Waals surface area contributed by atoms with Crippen LogP contribution in [0.25, 0.3) is 0 Å². The molecule has 0 N–H and O–H groups in total. The Hall–Kier alpha value is -1.88. The van der Waals surface area contributed by atoms with E-state index in [0.29, 0.717) is 13.0 Å². The van der Waals surface area contributed by atoms with E-state index in [1.54, 1.807) is 0 Å². The van der Waals surface area contributed by atoms with E-state index in [4.69, 9.17) is 0 Å². The van der Waals surface area contributed by atoms with Crippen LogP contribution in [0.5, 0.6) is 0 Å². The molecule has 27 heavy (non-hydrogen) atoms. The third-order valence-electron chi connectivity index (χ3n) is 6.12. The number of benzene rings is 1. The van der Waals surface area contributed by atoms with Gasteiger partial charge in [0.15, 0.2) is 0 Å². The molecule has 0 radical (unpaired) electrons. The zero-order chi connectivity index (χ0) is 19.4. The van der Waals surface area contributed by atoms with Gasteiger partial charge in [-0.25, -0.2) is 0 Å². The number of piperidine rings is 2. The molecule has 0 saturated carbocycles. The minimum atomic E-state index is 0.105. The van der Waals surface area contributed by atoms with Gasteiger partial charge in [0.2, 0.25) is 11.8 Å². The van der Waals surface area contributed by atoms with E-state index in [2.05, 4.69) is 36.1 Å². The second-order valence-corrected chi connectivity index (χ2v) is 8.48. The van der Waals surface area contributed by atoms with Crippen molar-refractivity contribution in [2.75, 3.05) is 39.8 Å². The average molecular weight is 372 g/mol. The van der Waals surface area contributed by atoms with E-state index < -0.39 is 0 Å². The second-order valence-electron chi connectivity index (χ2n) is 8.48. The quantitative estimate of drug-likeness (QED) is 0.799. The summed E-state index contributed by atoms with van der Waals surface area (Å²) in [6.45, 7) is 8.58. The summed E-state index contributed by atoms with van der Waals surface area (Å²) in [5, 5.41) is 0. The first-order valence-electron chi connectivity index (χ1n) is 10.2. The van der Waals surface area contributed by atoms with Crippen molar-refractivity contribution in [3.8, 4) is 0 Å². The lowest BCUT2D eigenvalue weighted by molar-refractivity contribution is -0.143. The number of amides is 2. The van der Waals surface area contributed by atoms with Crippen LogP contribution in [0.1, 0.15) is 43.7 Å². The van der Waals surface area contributed by atoms with Crippen LogP contribution in [-0.4, -0.2) is 66.3 Å². The minimum Gasteiger partial charge on any atom is -0.342 e. The molecule has 2 saturated heterocycles. The molecule has 1 atom stereocenters. The molecular weight excluding hydrogens is 338 g/mol. The summed E-state index contributed by atoms with van der Waals surface area (Å²) in [5.41, 5.74) is 2.59. The van der Waals surface area contributed by atoms with Crippen LogP contribution in [0.2, 0.25) is 0 Å². The molecule has 0 aliphatic carbocycles. The van der Waals surface area contributed by atoms with Gasteiger partial charge < -0.3 is 9.80 Å². The molecule has 5 nitrogen and oxygen atoms in total. The Kier molecular flexibility index (Phi) is 6.20. The number of likely N-dealkylation sites (N-methyl/N-ethyl adjacent to an activating group) is 1. The molecule has 2 aliphatic rings. The van der Waals surface area contributed by atoms with Crippen molar-refractivity contribution in [2.45, 2.75) is 46.1 Å². The van der Waals surface area contributed by atoms with Gasteiger partial charge in [-0.15, -0.1) is 0 Å². The number of likely N-dealkylation sites (tertiary alicyclic amines) is 2. The highest BCUT2D eigenvalue weighted by atomic mass is 16.2. The molecule has 0 aromatic heterocycles. The zero-order valence-electron chi connectivity index (χ0n) is 17.0. The molecule has 2 fully saturated rings. The highest BCUT2D eigenvalue weighted by molar-refractivity contribution is 5.79. The summed E-state index contributed by atoms with van der Waals surface area (Å²) >= 11 is 0. The largest absolute Gasteiger partial charge is 0.342 e. The van der Waals surface area contributed by atoms with Gasteiger partial charge in [0.1, 0.15) is 0 Å². The summed E-state index contributed by atoms with van der Waals surface area (Å²) in [6.07, 6.45) is 3.72. The topological polar surface area (TPSA) is 43.9 Å². The first kappa shape index (κ1) is 19.9. The molecule has 1 aromatic carbocycles. The van der Waals surface area contributed by atoms with Crippen LogP contribution in [0.3, 0.4) is 0 Å². The van der Waals surface area contributed by atoms with Crippen LogP contribution in [0.15, 0.2) is 24.3 Å². The van der Waals surface area contributed by atoms with Crippen molar-refractivity contribution in [1.82, 2.24) is 14.7 Å². The van der Waals surface area contributed by atoms with Crippen LogP contribution in [0, 0.1) is 12.3 Å². The van der Waals surface area contributed by atoms with Crippen molar-refractivity contribution >= 4 is 11.8 Å². The fourth-order valence-corrected chi connectivity index (χ4v) is 4.54. The first-order chi connectivity index (χ1) is 12.9. The van der Waals surface area contributed by atoms with Crippen molar-refractivity contribution in [2.24, 2.45) is 5.41 Å². The van der Waals surface area contributed by atoms with Crippen LogP contribution < -0.4 is 0 Å². The molecule has 0 unspecified atom stereocenters. The number of rotatable bonds is 5. The molecule has 2 heterocycles. The minimum absolute atomic E-state index is 0.105. The Morgan fingerprint density at radius 1 is 1.19 bits per heavy atom.